The Balaban J connectivity index is 1.68. The van der Waals surface area contributed by atoms with Gasteiger partial charge in [0.2, 0.25) is 10.0 Å². The van der Waals surface area contributed by atoms with Gasteiger partial charge in [-0.3, -0.25) is 14.3 Å². The van der Waals surface area contributed by atoms with Gasteiger partial charge in [-0.2, -0.15) is 0 Å². The highest BCUT2D eigenvalue weighted by atomic mass is 32.2. The van der Waals surface area contributed by atoms with Gasteiger partial charge >= 0.3 is 0 Å². The summed E-state index contributed by atoms with van der Waals surface area (Å²) in [6, 6.07) is 13.4. The molecule has 0 fully saturated rings. The number of hydrogen-bond acceptors (Lipinski definition) is 7. The van der Waals surface area contributed by atoms with Crippen LogP contribution >= 0.6 is 11.8 Å². The van der Waals surface area contributed by atoms with E-state index >= 15 is 0 Å². The second kappa shape index (κ2) is 7.98. The molecule has 10 heteroatoms. The molecule has 30 heavy (non-hydrogen) atoms. The Bertz CT molecular complexity index is 1400. The minimum absolute atomic E-state index is 0.00293. The van der Waals surface area contributed by atoms with Crippen LogP contribution < -0.4 is 10.7 Å². The normalized spacial score (nSPS) is 11.7. The van der Waals surface area contributed by atoms with Crippen LogP contribution in [0.5, 0.6) is 0 Å². The van der Waals surface area contributed by atoms with Crippen molar-refractivity contribution < 1.29 is 8.42 Å². The minimum atomic E-state index is -3.81. The van der Waals surface area contributed by atoms with Gasteiger partial charge < -0.3 is 0 Å². The molecule has 0 saturated carbocycles. The quantitative estimate of drug-likeness (QED) is 0.374. The highest BCUT2D eigenvalue weighted by Crippen LogP contribution is 2.21. The lowest BCUT2D eigenvalue weighted by Gasteiger charge is -2.10. The highest BCUT2D eigenvalue weighted by Gasteiger charge is 2.11. The van der Waals surface area contributed by atoms with Gasteiger partial charge in [0, 0.05) is 29.4 Å². The summed E-state index contributed by atoms with van der Waals surface area (Å²) in [6.45, 7) is 0.339. The van der Waals surface area contributed by atoms with Gasteiger partial charge in [0.05, 0.1) is 17.1 Å². The molecule has 0 radical (unpaired) electrons. The van der Waals surface area contributed by atoms with Crippen LogP contribution in [0.1, 0.15) is 5.56 Å². The van der Waals surface area contributed by atoms with Crippen LogP contribution in [0.15, 0.2) is 75.8 Å². The molecule has 1 aromatic carbocycles. The van der Waals surface area contributed by atoms with Crippen molar-refractivity contribution in [2.75, 3.05) is 6.26 Å². The Hall–Kier alpha value is -3.08. The number of fused-ring (bicyclic) bond motifs is 1. The number of nitrogens with two attached hydrogens (primary N) is 1. The van der Waals surface area contributed by atoms with Crippen molar-refractivity contribution in [2.24, 2.45) is 5.14 Å². The third-order valence-corrected chi connectivity index (χ3v) is 6.01. The van der Waals surface area contributed by atoms with Gasteiger partial charge in [-0.05, 0) is 30.0 Å². The zero-order chi connectivity index (χ0) is 21.3. The van der Waals surface area contributed by atoms with E-state index in [9.17, 15) is 13.2 Å². The van der Waals surface area contributed by atoms with E-state index < -0.39 is 10.0 Å². The molecule has 0 aliphatic rings. The van der Waals surface area contributed by atoms with Crippen molar-refractivity contribution in [2.45, 2.75) is 16.6 Å². The van der Waals surface area contributed by atoms with Crippen LogP contribution in [0.25, 0.3) is 22.3 Å². The maximum absolute atomic E-state index is 12.5. The van der Waals surface area contributed by atoms with Crippen LogP contribution in [0, 0.1) is 0 Å². The largest absolute Gasteiger partial charge is 0.288 e. The fraction of sp³-hybridized carbons (Fsp3) is 0.100. The number of hydrogen-bond donors (Lipinski definition) is 1. The Kier molecular flexibility index (Phi) is 5.37. The molecule has 2 N–H and O–H groups in total. The standard InChI is InChI=1S/C20H17N5O3S2/c1-29-20-23-11-15-6-7-18(26)25(19(15)24-20)12-13-2-4-14(5-3-13)17-10-16(8-9-22-17)30(21,27)28/h2-11H,12H2,1H3,(H2,21,27,28). The zero-order valence-corrected chi connectivity index (χ0v) is 17.5. The van der Waals surface area contributed by atoms with Crippen molar-refractivity contribution in [3.8, 4) is 11.3 Å². The highest BCUT2D eigenvalue weighted by molar-refractivity contribution is 7.98. The van der Waals surface area contributed by atoms with Gasteiger partial charge in [0.25, 0.3) is 5.56 Å². The first-order chi connectivity index (χ1) is 14.3. The van der Waals surface area contributed by atoms with Gasteiger partial charge in [-0.1, -0.05) is 36.0 Å². The molecule has 0 unspecified atom stereocenters. The summed E-state index contributed by atoms with van der Waals surface area (Å²) in [5, 5.41) is 6.57. The number of thioether (sulfide) groups is 1. The Morgan fingerprint density at radius 1 is 1.07 bits per heavy atom. The molecule has 3 heterocycles. The van der Waals surface area contributed by atoms with E-state index in [1.807, 2.05) is 30.5 Å². The van der Waals surface area contributed by atoms with E-state index in [1.165, 1.54) is 36.2 Å². The maximum atomic E-state index is 12.5. The predicted octanol–water partition coefficient (Wildman–Crippen LogP) is 2.27. The van der Waals surface area contributed by atoms with Gasteiger partial charge in [0.1, 0.15) is 5.65 Å². The smallest absolute Gasteiger partial charge is 0.252 e. The van der Waals surface area contributed by atoms with E-state index in [-0.39, 0.29) is 10.5 Å². The van der Waals surface area contributed by atoms with Crippen molar-refractivity contribution in [3.63, 3.8) is 0 Å². The predicted molar refractivity (Wildman–Crippen MR) is 116 cm³/mol. The summed E-state index contributed by atoms with van der Waals surface area (Å²) in [7, 11) is -3.81. The van der Waals surface area contributed by atoms with Gasteiger partial charge in [-0.25, -0.2) is 23.5 Å². The molecule has 0 aliphatic heterocycles. The SMILES string of the molecule is CSc1ncc2ccc(=O)n(Cc3ccc(-c4cc(S(N)(=O)=O)ccn4)cc3)c2n1. The fourth-order valence-corrected chi connectivity index (χ4v) is 3.88. The van der Waals surface area contributed by atoms with Crippen molar-refractivity contribution >= 4 is 32.8 Å². The second-order valence-corrected chi connectivity index (χ2v) is 8.85. The lowest BCUT2D eigenvalue weighted by Crippen LogP contribution is -2.21. The lowest BCUT2D eigenvalue weighted by atomic mass is 10.1. The topological polar surface area (TPSA) is 121 Å². The zero-order valence-electron chi connectivity index (χ0n) is 15.9. The Labute approximate surface area is 176 Å². The summed E-state index contributed by atoms with van der Waals surface area (Å²) >= 11 is 1.41. The van der Waals surface area contributed by atoms with Crippen LogP contribution in [0.3, 0.4) is 0 Å². The van der Waals surface area contributed by atoms with Crippen LogP contribution in [0.4, 0.5) is 0 Å². The van der Waals surface area contributed by atoms with Crippen LogP contribution in [-0.4, -0.2) is 34.2 Å². The Morgan fingerprint density at radius 3 is 2.53 bits per heavy atom. The number of aromatic nitrogens is 4. The molecule has 0 atom stereocenters. The van der Waals surface area contributed by atoms with Crippen LogP contribution in [0.2, 0.25) is 0 Å². The van der Waals surface area contributed by atoms with Crippen LogP contribution in [-0.2, 0) is 16.6 Å². The van der Waals surface area contributed by atoms with E-state index in [0.29, 0.717) is 23.0 Å². The molecular formula is C20H17N5O3S2. The first-order valence-electron chi connectivity index (χ1n) is 8.84. The first-order valence-corrected chi connectivity index (χ1v) is 11.6. The number of sulfonamides is 1. The summed E-state index contributed by atoms with van der Waals surface area (Å²) < 4.78 is 24.7. The average molecular weight is 440 g/mol. The third kappa shape index (κ3) is 4.11. The number of rotatable bonds is 5. The molecule has 0 amide bonds. The monoisotopic (exact) mass is 439 g/mol. The Morgan fingerprint density at radius 2 is 1.83 bits per heavy atom. The lowest BCUT2D eigenvalue weighted by molar-refractivity contribution is 0.597. The summed E-state index contributed by atoms with van der Waals surface area (Å²) in [5.41, 5.74) is 2.54. The molecule has 4 rings (SSSR count). The summed E-state index contributed by atoms with van der Waals surface area (Å²) in [6.07, 6.45) is 4.99. The van der Waals surface area contributed by atoms with E-state index in [1.54, 1.807) is 16.8 Å². The van der Waals surface area contributed by atoms with E-state index in [0.717, 1.165) is 16.5 Å². The van der Waals surface area contributed by atoms with Crippen molar-refractivity contribution in [1.82, 2.24) is 19.5 Å². The third-order valence-electron chi connectivity index (χ3n) is 4.53. The minimum Gasteiger partial charge on any atom is -0.288 e. The molecular weight excluding hydrogens is 422 g/mol. The van der Waals surface area contributed by atoms with Gasteiger partial charge in [-0.15, -0.1) is 0 Å². The van der Waals surface area contributed by atoms with Gasteiger partial charge in [0.15, 0.2) is 5.16 Å². The molecule has 0 saturated heterocycles. The number of nitrogens with zero attached hydrogens (tertiary/aromatic N) is 4. The number of benzene rings is 1. The molecule has 0 spiro atoms. The molecule has 0 aliphatic carbocycles. The molecule has 8 nitrogen and oxygen atoms in total. The molecule has 152 valence electrons. The average Bonchev–Trinajstić information content (AvgIpc) is 2.75. The molecule has 3 aromatic heterocycles. The first kappa shape index (κ1) is 20.2. The molecule has 4 aromatic rings. The van der Waals surface area contributed by atoms with Crippen molar-refractivity contribution in [3.05, 3.63) is 76.8 Å². The number of pyridine rings is 2. The summed E-state index contributed by atoms with van der Waals surface area (Å²) in [5.74, 6) is 0. The van der Waals surface area contributed by atoms with E-state index in [2.05, 4.69) is 15.0 Å². The van der Waals surface area contributed by atoms with Crippen molar-refractivity contribution in [1.29, 1.82) is 0 Å². The summed E-state index contributed by atoms with van der Waals surface area (Å²) in [4.78, 5) is 25.4. The fourth-order valence-electron chi connectivity index (χ4n) is 3.02. The maximum Gasteiger partial charge on any atom is 0.252 e. The second-order valence-electron chi connectivity index (χ2n) is 6.51. The number of primary sulfonamides is 1. The van der Waals surface area contributed by atoms with E-state index in [4.69, 9.17) is 5.14 Å². The molecule has 0 bridgehead atoms.